The maximum Gasteiger partial charge on any atom is 0.264 e. The fourth-order valence-corrected chi connectivity index (χ4v) is 7.79. The highest BCUT2D eigenvalue weighted by atomic mass is 32.2. The molecule has 1 aliphatic carbocycles. The summed E-state index contributed by atoms with van der Waals surface area (Å²) >= 11 is 0. The van der Waals surface area contributed by atoms with Gasteiger partial charge in [-0.1, -0.05) is 48.6 Å². The Hall–Kier alpha value is -0.653. The maximum atomic E-state index is 11.3. The molecule has 1 aromatic carbocycles. The summed E-state index contributed by atoms with van der Waals surface area (Å²) in [6.45, 7) is 6.48. The van der Waals surface area contributed by atoms with Gasteiger partial charge in [0.05, 0.1) is 19.9 Å². The van der Waals surface area contributed by atoms with Crippen LogP contribution in [0.15, 0.2) is 30.3 Å². The molecule has 0 bridgehead atoms. The predicted octanol–water partition coefficient (Wildman–Crippen LogP) is 2.11. The van der Waals surface area contributed by atoms with Gasteiger partial charge in [-0.2, -0.15) is 8.42 Å². The zero-order valence-corrected chi connectivity index (χ0v) is 13.1. The maximum absolute atomic E-state index is 11.3. The van der Waals surface area contributed by atoms with Gasteiger partial charge in [0.2, 0.25) is 0 Å². The van der Waals surface area contributed by atoms with Crippen molar-refractivity contribution >= 4 is 23.4 Å². The third kappa shape index (κ3) is 2.68. The lowest BCUT2D eigenvalue weighted by Crippen LogP contribution is -2.44. The molecule has 0 spiro atoms. The molecule has 100 valence electrons. The summed E-state index contributed by atoms with van der Waals surface area (Å²) in [5.74, 6) is 0. The van der Waals surface area contributed by atoms with Crippen molar-refractivity contribution in [2.24, 2.45) is 0 Å². The molecule has 2 atom stereocenters. The van der Waals surface area contributed by atoms with Crippen molar-refractivity contribution < 1.29 is 12.6 Å². The molecule has 0 aliphatic heterocycles. The number of benzene rings is 1. The first-order valence-corrected chi connectivity index (χ1v) is 11.0. The van der Waals surface area contributed by atoms with E-state index in [2.05, 4.69) is 25.2 Å². The normalized spacial score (nSPS) is 28.1. The van der Waals surface area contributed by atoms with E-state index in [0.29, 0.717) is 5.54 Å². The van der Waals surface area contributed by atoms with Gasteiger partial charge < -0.3 is 0 Å². The van der Waals surface area contributed by atoms with Crippen molar-refractivity contribution in [2.45, 2.75) is 37.6 Å². The molecule has 3 nitrogen and oxygen atoms in total. The Morgan fingerprint density at radius 2 is 1.83 bits per heavy atom. The Bertz CT molecular complexity index is 539. The zero-order chi connectivity index (χ0) is 13.6. The van der Waals surface area contributed by atoms with E-state index in [-0.39, 0.29) is 0 Å². The Balaban J connectivity index is 2.20. The van der Waals surface area contributed by atoms with E-state index < -0.39 is 23.8 Å². The molecule has 18 heavy (non-hydrogen) atoms. The number of rotatable bonds is 4. The van der Waals surface area contributed by atoms with Gasteiger partial charge in [0, 0.05) is 0 Å². The zero-order valence-electron chi connectivity index (χ0n) is 11.3. The Morgan fingerprint density at radius 3 is 2.33 bits per heavy atom. The molecule has 1 aliphatic rings. The standard InChI is InChI=1S/C13H20O3SSi/c1-13(16-17(2,14)15)10-12(13)18(3,4)11-8-6-5-7-9-11/h5-9,12H,10H2,1-4H3. The molecular formula is C13H20O3SSi. The molecule has 0 N–H and O–H groups in total. The minimum absolute atomic E-state index is 0.363. The van der Waals surface area contributed by atoms with Crippen LogP contribution in [0.3, 0.4) is 0 Å². The van der Waals surface area contributed by atoms with Crippen LogP contribution in [0.1, 0.15) is 13.3 Å². The van der Waals surface area contributed by atoms with Crippen LogP contribution < -0.4 is 5.19 Å². The molecule has 0 amide bonds. The lowest BCUT2D eigenvalue weighted by molar-refractivity contribution is 0.210. The Morgan fingerprint density at radius 1 is 1.28 bits per heavy atom. The van der Waals surface area contributed by atoms with Gasteiger partial charge >= 0.3 is 0 Å². The van der Waals surface area contributed by atoms with E-state index in [1.807, 2.05) is 25.1 Å². The lowest BCUT2D eigenvalue weighted by Gasteiger charge is -2.25. The lowest BCUT2D eigenvalue weighted by atomic mass is 10.4. The quantitative estimate of drug-likeness (QED) is 0.628. The van der Waals surface area contributed by atoms with Crippen molar-refractivity contribution in [2.75, 3.05) is 6.26 Å². The third-order valence-corrected chi connectivity index (χ3v) is 8.98. The SMILES string of the molecule is CC1(OS(C)(=O)=O)CC1[Si](C)(C)c1ccccc1. The van der Waals surface area contributed by atoms with Crippen LogP contribution in [0.25, 0.3) is 0 Å². The molecule has 1 aromatic rings. The molecule has 5 heteroatoms. The van der Waals surface area contributed by atoms with Crippen LogP contribution in [-0.2, 0) is 14.3 Å². The first-order valence-electron chi connectivity index (χ1n) is 6.11. The molecule has 2 rings (SSSR count). The van der Waals surface area contributed by atoms with Crippen LogP contribution in [0.2, 0.25) is 18.6 Å². The van der Waals surface area contributed by atoms with E-state index in [9.17, 15) is 8.42 Å². The van der Waals surface area contributed by atoms with E-state index >= 15 is 0 Å². The van der Waals surface area contributed by atoms with Gasteiger partial charge in [-0.15, -0.1) is 0 Å². The highest BCUT2D eigenvalue weighted by Crippen LogP contribution is 2.58. The highest BCUT2D eigenvalue weighted by molar-refractivity contribution is 7.86. The fraction of sp³-hybridized carbons (Fsp3) is 0.538. The summed E-state index contributed by atoms with van der Waals surface area (Å²) in [7, 11) is -5.04. The molecule has 1 saturated carbocycles. The Labute approximate surface area is 110 Å². The van der Waals surface area contributed by atoms with Gasteiger partial charge in [-0.05, 0) is 18.9 Å². The fourth-order valence-electron chi connectivity index (χ4n) is 2.87. The number of hydrogen-bond donors (Lipinski definition) is 0. The van der Waals surface area contributed by atoms with Crippen LogP contribution in [0.4, 0.5) is 0 Å². The summed E-state index contributed by atoms with van der Waals surface area (Å²) in [5.41, 5.74) is -0.124. The van der Waals surface area contributed by atoms with Crippen LogP contribution in [0, 0.1) is 0 Å². The smallest absolute Gasteiger partial charge is 0.264 e. The van der Waals surface area contributed by atoms with Crippen LogP contribution >= 0.6 is 0 Å². The van der Waals surface area contributed by atoms with Crippen molar-refractivity contribution in [3.8, 4) is 0 Å². The van der Waals surface area contributed by atoms with E-state index in [0.717, 1.165) is 12.7 Å². The second kappa shape index (κ2) is 4.18. The second-order valence-electron chi connectivity index (χ2n) is 5.94. The monoisotopic (exact) mass is 284 g/mol. The van der Waals surface area contributed by atoms with Crippen molar-refractivity contribution in [3.05, 3.63) is 30.3 Å². The molecule has 1 fully saturated rings. The first-order chi connectivity index (χ1) is 8.15. The van der Waals surface area contributed by atoms with Crippen molar-refractivity contribution in [1.82, 2.24) is 0 Å². The highest BCUT2D eigenvalue weighted by Gasteiger charge is 2.61. The van der Waals surface area contributed by atoms with Gasteiger partial charge in [0.15, 0.2) is 0 Å². The predicted molar refractivity (Wildman–Crippen MR) is 76.3 cm³/mol. The molecule has 0 aromatic heterocycles. The molecule has 2 unspecified atom stereocenters. The minimum atomic E-state index is -3.37. The summed E-state index contributed by atoms with van der Waals surface area (Å²) in [6, 6.07) is 10.4. The Kier molecular flexibility index (Phi) is 3.20. The van der Waals surface area contributed by atoms with Gasteiger partial charge in [0.1, 0.15) is 0 Å². The molecule has 0 radical (unpaired) electrons. The average Bonchev–Trinajstić information content (AvgIpc) is 2.89. The molecular weight excluding hydrogens is 264 g/mol. The van der Waals surface area contributed by atoms with E-state index in [1.165, 1.54) is 5.19 Å². The largest absolute Gasteiger partial charge is 0.264 e. The summed E-state index contributed by atoms with van der Waals surface area (Å²) < 4.78 is 27.8. The average molecular weight is 284 g/mol. The third-order valence-electron chi connectivity index (χ3n) is 3.92. The second-order valence-corrected chi connectivity index (χ2v) is 12.2. The van der Waals surface area contributed by atoms with Crippen LogP contribution in [-0.4, -0.2) is 28.3 Å². The summed E-state index contributed by atoms with van der Waals surface area (Å²) in [6.07, 6.45) is 1.97. The van der Waals surface area contributed by atoms with Gasteiger partial charge in [0.25, 0.3) is 10.1 Å². The molecule has 0 saturated heterocycles. The van der Waals surface area contributed by atoms with Crippen molar-refractivity contribution in [1.29, 1.82) is 0 Å². The number of hydrogen-bond acceptors (Lipinski definition) is 3. The topological polar surface area (TPSA) is 43.4 Å². The van der Waals surface area contributed by atoms with E-state index in [4.69, 9.17) is 4.18 Å². The first kappa shape index (κ1) is 13.8. The summed E-state index contributed by atoms with van der Waals surface area (Å²) in [4.78, 5) is 0. The van der Waals surface area contributed by atoms with Crippen LogP contribution in [0.5, 0.6) is 0 Å². The van der Waals surface area contributed by atoms with E-state index in [1.54, 1.807) is 0 Å². The molecule has 0 heterocycles. The summed E-state index contributed by atoms with van der Waals surface area (Å²) in [5, 5.41) is 1.36. The minimum Gasteiger partial charge on any atom is -0.264 e. The van der Waals surface area contributed by atoms with Gasteiger partial charge in [-0.25, -0.2) is 0 Å². The van der Waals surface area contributed by atoms with Crippen molar-refractivity contribution in [3.63, 3.8) is 0 Å². The van der Waals surface area contributed by atoms with Gasteiger partial charge in [-0.3, -0.25) is 4.18 Å².